The van der Waals surface area contributed by atoms with Crippen molar-refractivity contribution in [2.24, 2.45) is 5.73 Å². The molecule has 0 aromatic rings. The number of hydrogen-bond acceptors (Lipinski definition) is 3. The highest BCUT2D eigenvalue weighted by Gasteiger charge is 1.92. The number of carbonyl (C=O) groups is 1. The third kappa shape index (κ3) is 5.59. The number of halogens is 1. The molecule has 0 rings (SSSR count). The normalized spacial score (nSPS) is 10.1. The van der Waals surface area contributed by atoms with E-state index in [-0.39, 0.29) is 18.4 Å². The molecular formula is C6H12ClNO2. The topological polar surface area (TPSA) is 52.3 Å². The molecule has 60 valence electrons. The van der Waals surface area contributed by atoms with Crippen LogP contribution in [0.1, 0.15) is 6.92 Å². The molecule has 2 N–H and O–H groups in total. The third-order valence-electron chi connectivity index (χ3n) is 0.887. The number of methoxy groups -OCH3 is 1. The third-order valence-corrected chi connectivity index (χ3v) is 0.887. The van der Waals surface area contributed by atoms with Crippen molar-refractivity contribution in [3.63, 3.8) is 0 Å². The molecular weight excluding hydrogens is 154 g/mol. The van der Waals surface area contributed by atoms with Gasteiger partial charge < -0.3 is 10.5 Å². The zero-order chi connectivity index (χ0) is 7.28. The summed E-state index contributed by atoms with van der Waals surface area (Å²) in [4.78, 5) is 10.4. The summed E-state index contributed by atoms with van der Waals surface area (Å²) in [5.41, 5.74) is 6.02. The number of rotatable bonds is 2. The Morgan fingerprint density at radius 2 is 2.20 bits per heavy atom. The van der Waals surface area contributed by atoms with Crippen LogP contribution in [0.5, 0.6) is 0 Å². The smallest absolute Gasteiger partial charge is 0.330 e. The van der Waals surface area contributed by atoms with Gasteiger partial charge in [0, 0.05) is 12.6 Å². The Kier molecular flexibility index (Phi) is 8.00. The summed E-state index contributed by atoms with van der Waals surface area (Å²) in [6.07, 6.45) is 1.38. The van der Waals surface area contributed by atoms with E-state index in [2.05, 4.69) is 4.74 Å². The Labute approximate surface area is 66.6 Å². The molecule has 10 heavy (non-hydrogen) atoms. The first-order valence-electron chi connectivity index (χ1n) is 2.66. The minimum Gasteiger partial charge on any atom is -0.466 e. The van der Waals surface area contributed by atoms with E-state index in [4.69, 9.17) is 5.73 Å². The minimum atomic E-state index is -0.349. The lowest BCUT2D eigenvalue weighted by Crippen LogP contribution is -2.03. The van der Waals surface area contributed by atoms with Gasteiger partial charge in [-0.3, -0.25) is 0 Å². The van der Waals surface area contributed by atoms with Crippen LogP contribution in [0.4, 0.5) is 0 Å². The van der Waals surface area contributed by atoms with Gasteiger partial charge in [0.15, 0.2) is 0 Å². The summed E-state index contributed by atoms with van der Waals surface area (Å²) in [7, 11) is 1.34. The van der Waals surface area contributed by atoms with Gasteiger partial charge in [-0.05, 0) is 6.92 Å². The summed E-state index contributed by atoms with van der Waals surface area (Å²) < 4.78 is 4.35. The Morgan fingerprint density at radius 3 is 2.50 bits per heavy atom. The standard InChI is InChI=1S/C6H11NO2.ClH/c1-5(4-7)3-6(8)9-2;/h3H,4,7H2,1-2H3;1H/b5-3+;. The fraction of sp³-hybridized carbons (Fsp3) is 0.500. The largest absolute Gasteiger partial charge is 0.466 e. The Balaban J connectivity index is 0. The molecule has 0 saturated heterocycles. The van der Waals surface area contributed by atoms with Gasteiger partial charge >= 0.3 is 5.97 Å². The molecule has 0 saturated carbocycles. The van der Waals surface area contributed by atoms with Gasteiger partial charge in [0.05, 0.1) is 7.11 Å². The molecule has 3 nitrogen and oxygen atoms in total. The van der Waals surface area contributed by atoms with Crippen LogP contribution in [0.15, 0.2) is 11.6 Å². The van der Waals surface area contributed by atoms with Gasteiger partial charge in [-0.2, -0.15) is 0 Å². The maximum atomic E-state index is 10.4. The van der Waals surface area contributed by atoms with Crippen molar-refractivity contribution in [3.05, 3.63) is 11.6 Å². The Morgan fingerprint density at radius 1 is 1.70 bits per heavy atom. The molecule has 0 bridgehead atoms. The van der Waals surface area contributed by atoms with Crippen LogP contribution < -0.4 is 5.73 Å². The van der Waals surface area contributed by atoms with Gasteiger partial charge in [0.1, 0.15) is 0 Å². The van der Waals surface area contributed by atoms with Crippen molar-refractivity contribution in [3.8, 4) is 0 Å². The first-order chi connectivity index (χ1) is 4.20. The summed E-state index contributed by atoms with van der Waals surface area (Å²) in [5.74, 6) is -0.349. The summed E-state index contributed by atoms with van der Waals surface area (Å²) in [6, 6.07) is 0. The average molecular weight is 166 g/mol. The Bertz CT molecular complexity index is 134. The lowest BCUT2D eigenvalue weighted by molar-refractivity contribution is -0.134. The number of esters is 1. The van der Waals surface area contributed by atoms with Crippen molar-refractivity contribution in [2.75, 3.05) is 13.7 Å². The number of nitrogens with two attached hydrogens (primary N) is 1. The van der Waals surface area contributed by atoms with Crippen molar-refractivity contribution in [1.29, 1.82) is 0 Å². The SMILES string of the molecule is COC(=O)/C=C(\C)CN.Cl. The maximum Gasteiger partial charge on any atom is 0.330 e. The molecule has 0 atom stereocenters. The van der Waals surface area contributed by atoms with Gasteiger partial charge in [-0.25, -0.2) is 4.79 Å². The fourth-order valence-corrected chi connectivity index (χ4v) is 0.319. The second-order valence-electron chi connectivity index (χ2n) is 1.72. The molecule has 0 aliphatic heterocycles. The molecule has 0 aromatic heterocycles. The lowest BCUT2D eigenvalue weighted by atomic mass is 10.3. The summed E-state index contributed by atoms with van der Waals surface area (Å²) in [5, 5.41) is 0. The van der Waals surface area contributed by atoms with Crippen LogP contribution in [-0.4, -0.2) is 19.6 Å². The lowest BCUT2D eigenvalue weighted by Gasteiger charge is -1.92. The van der Waals surface area contributed by atoms with Crippen LogP contribution in [0.3, 0.4) is 0 Å². The van der Waals surface area contributed by atoms with E-state index in [1.165, 1.54) is 13.2 Å². The molecule has 0 radical (unpaired) electrons. The highest BCUT2D eigenvalue weighted by molar-refractivity contribution is 5.85. The predicted octanol–water partition coefficient (Wildman–Crippen LogP) is 0.486. The quantitative estimate of drug-likeness (QED) is 0.479. The van der Waals surface area contributed by atoms with Crippen LogP contribution in [0, 0.1) is 0 Å². The van der Waals surface area contributed by atoms with E-state index in [0.717, 1.165) is 5.57 Å². The van der Waals surface area contributed by atoms with Crippen molar-refractivity contribution in [1.82, 2.24) is 0 Å². The second kappa shape index (κ2) is 6.58. The molecule has 0 aromatic carbocycles. The highest BCUT2D eigenvalue weighted by Crippen LogP contribution is 1.88. The van der Waals surface area contributed by atoms with Crippen molar-refractivity contribution >= 4 is 18.4 Å². The molecule has 0 amide bonds. The molecule has 0 fully saturated rings. The van der Waals surface area contributed by atoms with Gasteiger partial charge in [-0.1, -0.05) is 5.57 Å². The van der Waals surface area contributed by atoms with E-state index < -0.39 is 0 Å². The van der Waals surface area contributed by atoms with Crippen LogP contribution in [-0.2, 0) is 9.53 Å². The molecule has 0 heterocycles. The monoisotopic (exact) mass is 165 g/mol. The maximum absolute atomic E-state index is 10.4. The molecule has 0 unspecified atom stereocenters. The van der Waals surface area contributed by atoms with E-state index in [0.29, 0.717) is 6.54 Å². The van der Waals surface area contributed by atoms with Gasteiger partial charge in [0.25, 0.3) is 0 Å². The molecule has 0 aliphatic carbocycles. The highest BCUT2D eigenvalue weighted by atomic mass is 35.5. The number of carbonyl (C=O) groups excluding carboxylic acids is 1. The number of hydrogen-bond donors (Lipinski definition) is 1. The average Bonchev–Trinajstić information content (AvgIpc) is 1.87. The molecule has 4 heteroatoms. The van der Waals surface area contributed by atoms with Crippen LogP contribution >= 0.6 is 12.4 Å². The van der Waals surface area contributed by atoms with E-state index in [1.807, 2.05) is 0 Å². The summed E-state index contributed by atoms with van der Waals surface area (Å²) in [6.45, 7) is 2.17. The first kappa shape index (κ1) is 12.2. The van der Waals surface area contributed by atoms with E-state index in [1.54, 1.807) is 6.92 Å². The molecule has 0 aliphatic rings. The minimum absolute atomic E-state index is 0. The fourth-order valence-electron chi connectivity index (χ4n) is 0.319. The molecule has 0 spiro atoms. The number of ether oxygens (including phenoxy) is 1. The zero-order valence-corrected chi connectivity index (χ0v) is 6.90. The van der Waals surface area contributed by atoms with E-state index in [9.17, 15) is 4.79 Å². The first-order valence-corrected chi connectivity index (χ1v) is 2.66. The van der Waals surface area contributed by atoms with Crippen LogP contribution in [0.2, 0.25) is 0 Å². The van der Waals surface area contributed by atoms with Crippen LogP contribution in [0.25, 0.3) is 0 Å². The summed E-state index contributed by atoms with van der Waals surface area (Å²) >= 11 is 0. The van der Waals surface area contributed by atoms with E-state index >= 15 is 0 Å². The zero-order valence-electron chi connectivity index (χ0n) is 6.09. The van der Waals surface area contributed by atoms with Crippen molar-refractivity contribution < 1.29 is 9.53 Å². The Hall–Kier alpha value is -0.540. The van der Waals surface area contributed by atoms with Crippen molar-refractivity contribution in [2.45, 2.75) is 6.92 Å². The predicted molar refractivity (Wildman–Crippen MR) is 42.1 cm³/mol. The van der Waals surface area contributed by atoms with Gasteiger partial charge in [-0.15, -0.1) is 12.4 Å². The van der Waals surface area contributed by atoms with Gasteiger partial charge in [0.2, 0.25) is 0 Å². The second-order valence-corrected chi connectivity index (χ2v) is 1.72.